The maximum absolute atomic E-state index is 9.56. The van der Waals surface area contributed by atoms with Crippen molar-refractivity contribution in [3.63, 3.8) is 0 Å². The Bertz CT molecular complexity index is 6150. The number of fused-ring (bicyclic) bond motifs is 21. The smallest absolute Gasteiger partial charge is 0.456 e. The van der Waals surface area contributed by atoms with Crippen LogP contribution in [0.4, 0.5) is 0 Å². The molecule has 0 atom stereocenters. The summed E-state index contributed by atoms with van der Waals surface area (Å²) in [5, 5.41) is 31.2. The Morgan fingerprint density at radius 2 is 0.495 bits per heavy atom. The normalized spacial score (nSPS) is 11.5. The zero-order chi connectivity index (χ0) is 63.4. The Labute approximate surface area is 573 Å². The van der Waals surface area contributed by atoms with E-state index in [0.29, 0.717) is 16.6 Å². The van der Waals surface area contributed by atoms with Crippen LogP contribution in [0.15, 0.2) is 321 Å². The summed E-state index contributed by atoms with van der Waals surface area (Å²) in [6, 6.07) is 97.3. The minimum atomic E-state index is -1.53. The van der Waals surface area contributed by atoms with Gasteiger partial charge in [-0.05, 0) is 188 Å². The quantitative estimate of drug-likeness (QED) is 0.158. The molecule has 0 radical (unpaired) electrons. The number of furan rings is 6. The molecule has 97 heavy (non-hydrogen) atoms. The number of rotatable bonds is 6. The fourth-order valence-corrected chi connectivity index (χ4v) is 14.7. The molecule has 0 unspecified atom stereocenters. The van der Waals surface area contributed by atoms with Crippen molar-refractivity contribution in [2.75, 3.05) is 0 Å². The predicted octanol–water partition coefficient (Wildman–Crippen LogP) is 25.3. The lowest BCUT2D eigenvalue weighted by molar-refractivity contribution is 0.426. The molecule has 6 heterocycles. The van der Waals surface area contributed by atoms with Crippen molar-refractivity contribution >= 4 is 176 Å². The molecule has 20 rings (SSSR count). The summed E-state index contributed by atoms with van der Waals surface area (Å²) < 4.78 is 40.4. The fraction of sp³-hybridized carbons (Fsp3) is 0.0233. The van der Waals surface area contributed by atoms with E-state index in [0.717, 1.165) is 174 Å². The van der Waals surface area contributed by atoms with E-state index >= 15 is 0 Å². The first kappa shape index (κ1) is 60.7. The van der Waals surface area contributed by atoms with Crippen LogP contribution < -0.4 is 5.46 Å². The third-order valence-corrected chi connectivity index (χ3v) is 19.2. The summed E-state index contributed by atoms with van der Waals surface area (Å²) in [7, 11) is -1.53. The second kappa shape index (κ2) is 24.5. The van der Waals surface area contributed by atoms with Gasteiger partial charge in [-0.1, -0.05) is 204 Å². The van der Waals surface area contributed by atoms with Crippen LogP contribution in [0.25, 0.3) is 187 Å². The second-order valence-corrected chi connectivity index (χ2v) is 25.7. The lowest BCUT2D eigenvalue weighted by Gasteiger charge is -2.07. The first-order chi connectivity index (χ1) is 46.7. The molecule has 0 amide bonds. The highest BCUT2D eigenvalue weighted by Gasteiger charge is 2.22. The van der Waals surface area contributed by atoms with Crippen LogP contribution in [0.3, 0.4) is 0 Å². The van der Waals surface area contributed by atoms with Gasteiger partial charge in [-0.25, -0.2) is 0 Å². The van der Waals surface area contributed by atoms with Crippen molar-refractivity contribution < 1.29 is 36.6 Å². The lowest BCUT2D eigenvalue weighted by atomic mass is 9.80. The molecule has 0 saturated carbocycles. The van der Waals surface area contributed by atoms with Crippen molar-refractivity contribution in [1.82, 2.24) is 0 Å². The topological polar surface area (TPSA) is 119 Å². The lowest BCUT2D eigenvalue weighted by Crippen LogP contribution is -2.29. The molecule has 0 spiro atoms. The van der Waals surface area contributed by atoms with Gasteiger partial charge in [0.25, 0.3) is 0 Å². The van der Waals surface area contributed by atoms with E-state index in [2.05, 4.69) is 226 Å². The van der Waals surface area contributed by atoms with Gasteiger partial charge in [0, 0.05) is 57.4 Å². The van der Waals surface area contributed by atoms with Crippen LogP contribution in [0.2, 0.25) is 0 Å². The van der Waals surface area contributed by atoms with Gasteiger partial charge >= 0.3 is 7.12 Å². The van der Waals surface area contributed by atoms with E-state index in [4.69, 9.17) is 26.5 Å². The van der Waals surface area contributed by atoms with E-state index in [1.165, 1.54) is 11.1 Å². The number of hydrogen-bond donors (Lipinski definition) is 2. The Balaban J connectivity index is 0.000000157. The molecular formula is C86H57BBr2O8. The first-order valence-corrected chi connectivity index (χ1v) is 32.8. The molecule has 11 heteroatoms. The summed E-state index contributed by atoms with van der Waals surface area (Å²) in [5.74, 6) is 0. The standard InChI is InChI=1S/C54H30O4.C24H15BO4.C6H4Br2.2CH4/c1-3-8-31(9-4-1)35-14-20-45-41(27-35)39-18-24-49-51(53(39)57-45)43-29-37(16-22-47(43)55-49)33-12-7-13-34(26-33)38-17-23-48-44(30-38)52-50(56-48)25-19-40-42-28-36(32-10-5-2-6-11-32)15-21-46(42)58-54(40)52;26-25(27)16-7-10-21-19(13-16)23-22(28-21)11-8-17-18-12-15(14-4-2-1-3-5-14)6-9-20(18)29-24(17)23;7-5-2-1-3-6(8)4-5;;/h1-30H;1-13,26-27H;1-4H;2*1H4. The molecule has 0 fully saturated rings. The molecule has 20 aromatic rings. The molecule has 0 bridgehead atoms. The minimum Gasteiger partial charge on any atom is -0.456 e. The summed E-state index contributed by atoms with van der Waals surface area (Å²) in [6.45, 7) is 0. The fourth-order valence-electron chi connectivity index (χ4n) is 13.6. The van der Waals surface area contributed by atoms with Gasteiger partial charge in [0.2, 0.25) is 0 Å². The molecule has 6 aromatic heterocycles. The second-order valence-electron chi connectivity index (χ2n) is 23.9. The van der Waals surface area contributed by atoms with E-state index in [1.807, 2.05) is 72.8 Å². The van der Waals surface area contributed by atoms with E-state index in [-0.39, 0.29) is 14.9 Å². The highest BCUT2D eigenvalue weighted by Crippen LogP contribution is 2.45. The maximum atomic E-state index is 9.56. The van der Waals surface area contributed by atoms with E-state index < -0.39 is 7.12 Å². The Morgan fingerprint density at radius 3 is 0.835 bits per heavy atom. The van der Waals surface area contributed by atoms with Gasteiger partial charge < -0.3 is 36.6 Å². The molecule has 0 aliphatic rings. The minimum absolute atomic E-state index is 0. The Morgan fingerprint density at radius 1 is 0.216 bits per heavy atom. The van der Waals surface area contributed by atoms with Crippen LogP contribution >= 0.6 is 31.9 Å². The molecule has 2 N–H and O–H groups in total. The zero-order valence-electron chi connectivity index (χ0n) is 50.3. The molecule has 0 aliphatic carbocycles. The van der Waals surface area contributed by atoms with Crippen molar-refractivity contribution in [2.24, 2.45) is 0 Å². The number of benzene rings is 14. The van der Waals surface area contributed by atoms with Crippen molar-refractivity contribution in [3.8, 4) is 55.6 Å². The SMILES string of the molecule is Brc1cccc(Br)c1.C.C.OB(O)c1ccc2oc3ccc4c5cc(-c6ccccc6)ccc5oc4c3c2c1.c1ccc(-c2ccc3oc4c(ccc5oc6ccc(-c7cccc(-c8ccc9oc%10ccc%11c%12cc(-c%13ccccc%13)ccc%12oc%11c%10c9c8)c7)cc6c54)c3c2)cc1. The van der Waals surface area contributed by atoms with Crippen LogP contribution in [-0.2, 0) is 0 Å². The van der Waals surface area contributed by atoms with Crippen LogP contribution in [0.5, 0.6) is 0 Å². The van der Waals surface area contributed by atoms with E-state index in [9.17, 15) is 10.0 Å². The van der Waals surface area contributed by atoms with Gasteiger partial charge in [-0.3, -0.25) is 0 Å². The van der Waals surface area contributed by atoms with Crippen LogP contribution in [0, 0.1) is 0 Å². The summed E-state index contributed by atoms with van der Waals surface area (Å²) >= 11 is 6.66. The molecular weight excluding hydrogens is 1330 g/mol. The van der Waals surface area contributed by atoms with Crippen molar-refractivity contribution in [1.29, 1.82) is 0 Å². The third-order valence-electron chi connectivity index (χ3n) is 18.2. The number of halogens is 2. The Kier molecular flexibility index (Phi) is 15.4. The highest BCUT2D eigenvalue weighted by atomic mass is 79.9. The monoisotopic (exact) mass is 1390 g/mol. The maximum Gasteiger partial charge on any atom is 0.488 e. The van der Waals surface area contributed by atoms with Crippen LogP contribution in [-0.4, -0.2) is 17.2 Å². The molecule has 466 valence electrons. The number of hydrogen-bond acceptors (Lipinski definition) is 8. The molecule has 0 saturated heterocycles. The largest absolute Gasteiger partial charge is 0.488 e. The van der Waals surface area contributed by atoms with Gasteiger partial charge in [0.05, 0.1) is 16.2 Å². The molecule has 14 aromatic carbocycles. The van der Waals surface area contributed by atoms with Crippen molar-refractivity contribution in [3.05, 3.63) is 294 Å². The average Bonchev–Trinajstić information content (AvgIpc) is 1.60. The summed E-state index contributed by atoms with van der Waals surface area (Å²) in [6.07, 6.45) is 0. The average molecular weight is 1390 g/mol. The van der Waals surface area contributed by atoms with Crippen molar-refractivity contribution in [2.45, 2.75) is 14.9 Å². The third kappa shape index (κ3) is 10.6. The Hall–Kier alpha value is -11.2. The van der Waals surface area contributed by atoms with Gasteiger partial charge in [0.15, 0.2) is 0 Å². The van der Waals surface area contributed by atoms with E-state index in [1.54, 1.807) is 18.2 Å². The predicted molar refractivity (Wildman–Crippen MR) is 409 cm³/mol. The van der Waals surface area contributed by atoms with Gasteiger partial charge in [-0.15, -0.1) is 0 Å². The zero-order valence-corrected chi connectivity index (χ0v) is 53.5. The highest BCUT2D eigenvalue weighted by molar-refractivity contribution is 9.11. The van der Waals surface area contributed by atoms with Gasteiger partial charge in [0.1, 0.15) is 67.0 Å². The first-order valence-electron chi connectivity index (χ1n) is 31.2. The summed E-state index contributed by atoms with van der Waals surface area (Å²) in [4.78, 5) is 0. The van der Waals surface area contributed by atoms with Gasteiger partial charge in [-0.2, -0.15) is 0 Å². The summed E-state index contributed by atoms with van der Waals surface area (Å²) in [5.41, 5.74) is 21.5. The molecule has 0 aliphatic heterocycles. The van der Waals surface area contributed by atoms with Crippen LogP contribution in [0.1, 0.15) is 14.9 Å². The molecule has 8 nitrogen and oxygen atoms in total.